The molecule has 43 heavy (non-hydrogen) atoms. The molecule has 5 rings (SSSR count). The Morgan fingerprint density at radius 1 is 0.860 bits per heavy atom. The molecule has 0 saturated heterocycles. The van der Waals surface area contributed by atoms with Gasteiger partial charge in [0.1, 0.15) is 28.4 Å². The fraction of sp³-hybridized carbons (Fsp3) is 0.206. The van der Waals surface area contributed by atoms with Crippen molar-refractivity contribution in [2.75, 3.05) is 13.2 Å². The third-order valence-electron chi connectivity index (χ3n) is 7.19. The number of ether oxygens (including phenoxy) is 2. The van der Waals surface area contributed by atoms with Crippen LogP contribution in [-0.4, -0.2) is 40.5 Å². The van der Waals surface area contributed by atoms with Crippen molar-refractivity contribution in [1.29, 1.82) is 0 Å². The first kappa shape index (κ1) is 29.2. The lowest BCUT2D eigenvalue weighted by molar-refractivity contribution is -0.136. The first-order chi connectivity index (χ1) is 20.8. The highest BCUT2D eigenvalue weighted by molar-refractivity contribution is 5.97. The number of carboxylic acids is 2. The highest BCUT2D eigenvalue weighted by Gasteiger charge is 2.18. The van der Waals surface area contributed by atoms with E-state index in [1.807, 2.05) is 43.3 Å². The summed E-state index contributed by atoms with van der Waals surface area (Å²) in [6.07, 6.45) is 1.00. The van der Waals surface area contributed by atoms with Crippen LogP contribution in [0.15, 0.2) is 82.0 Å². The largest absolute Gasteiger partial charge is 0.507 e. The lowest BCUT2D eigenvalue weighted by Gasteiger charge is -2.16. The Bertz CT molecular complexity index is 1870. The molecule has 0 aliphatic carbocycles. The monoisotopic (exact) mass is 582 g/mol. The summed E-state index contributed by atoms with van der Waals surface area (Å²) < 4.78 is 17.9. The minimum atomic E-state index is -1.15. The number of aliphatic carboxylic acids is 1. The molecular formula is C34H30O9. The third-order valence-corrected chi connectivity index (χ3v) is 7.19. The van der Waals surface area contributed by atoms with E-state index in [1.54, 1.807) is 18.2 Å². The van der Waals surface area contributed by atoms with Gasteiger partial charge in [-0.25, -0.2) is 4.79 Å². The summed E-state index contributed by atoms with van der Waals surface area (Å²) in [7, 11) is 0. The summed E-state index contributed by atoms with van der Waals surface area (Å²) in [6.45, 7) is 2.54. The number of phenolic OH excluding ortho intramolecular Hbond substituents is 1. The number of aromatic hydroxyl groups is 1. The van der Waals surface area contributed by atoms with Crippen LogP contribution in [0.2, 0.25) is 0 Å². The van der Waals surface area contributed by atoms with E-state index in [9.17, 15) is 29.7 Å². The number of hydrogen-bond acceptors (Lipinski definition) is 7. The predicted molar refractivity (Wildman–Crippen MR) is 161 cm³/mol. The normalized spacial score (nSPS) is 11.1. The van der Waals surface area contributed by atoms with Crippen molar-refractivity contribution < 1.29 is 38.8 Å². The van der Waals surface area contributed by atoms with Crippen molar-refractivity contribution in [1.82, 2.24) is 0 Å². The first-order valence-electron chi connectivity index (χ1n) is 13.9. The van der Waals surface area contributed by atoms with E-state index in [1.165, 1.54) is 18.2 Å². The maximum absolute atomic E-state index is 13.5. The lowest BCUT2D eigenvalue weighted by Crippen LogP contribution is -2.11. The van der Waals surface area contributed by atoms with Gasteiger partial charge in [0.05, 0.1) is 29.5 Å². The number of carbonyl (C=O) groups is 2. The second kappa shape index (κ2) is 12.7. The van der Waals surface area contributed by atoms with Crippen LogP contribution in [0.4, 0.5) is 0 Å². The zero-order valence-electron chi connectivity index (χ0n) is 23.5. The van der Waals surface area contributed by atoms with Crippen LogP contribution in [-0.2, 0) is 17.6 Å². The van der Waals surface area contributed by atoms with Crippen LogP contribution >= 0.6 is 0 Å². The Balaban J connectivity index is 1.34. The molecule has 1 heterocycles. The number of aromatic carboxylic acids is 1. The highest BCUT2D eigenvalue weighted by atomic mass is 16.5. The number of aryl methyl sites for hydroxylation is 2. The number of benzene rings is 4. The zero-order chi connectivity index (χ0) is 30.5. The molecule has 0 fully saturated rings. The summed E-state index contributed by atoms with van der Waals surface area (Å²) in [5, 5.41) is 29.7. The molecule has 220 valence electrons. The van der Waals surface area contributed by atoms with E-state index in [-0.39, 0.29) is 52.7 Å². The molecule has 4 aromatic carbocycles. The first-order valence-corrected chi connectivity index (χ1v) is 13.9. The van der Waals surface area contributed by atoms with Gasteiger partial charge in [-0.2, -0.15) is 0 Å². The van der Waals surface area contributed by atoms with Crippen molar-refractivity contribution in [3.8, 4) is 28.4 Å². The number of hydrogen-bond donors (Lipinski definition) is 3. The van der Waals surface area contributed by atoms with E-state index < -0.39 is 17.4 Å². The molecule has 0 atom stereocenters. The van der Waals surface area contributed by atoms with Gasteiger partial charge < -0.3 is 29.2 Å². The smallest absolute Gasteiger partial charge is 0.335 e. The number of rotatable bonds is 12. The zero-order valence-corrected chi connectivity index (χ0v) is 23.5. The molecule has 5 aromatic rings. The van der Waals surface area contributed by atoms with E-state index in [0.29, 0.717) is 36.5 Å². The van der Waals surface area contributed by atoms with Crippen molar-refractivity contribution >= 4 is 33.9 Å². The van der Waals surface area contributed by atoms with E-state index in [0.717, 1.165) is 16.7 Å². The molecule has 0 saturated carbocycles. The van der Waals surface area contributed by atoms with Crippen LogP contribution in [0.3, 0.4) is 0 Å². The molecule has 0 aliphatic rings. The number of fused-ring (bicyclic) bond motifs is 2. The molecule has 0 amide bonds. The highest BCUT2D eigenvalue weighted by Crippen LogP contribution is 2.36. The van der Waals surface area contributed by atoms with Gasteiger partial charge in [0.15, 0.2) is 0 Å². The van der Waals surface area contributed by atoms with Gasteiger partial charge in [-0.1, -0.05) is 37.3 Å². The fourth-order valence-electron chi connectivity index (χ4n) is 5.03. The molecule has 0 bridgehead atoms. The quantitative estimate of drug-likeness (QED) is 0.112. The number of phenols is 1. The molecule has 0 unspecified atom stereocenters. The topological polar surface area (TPSA) is 144 Å². The Hall–Kier alpha value is -5.31. The average molecular weight is 583 g/mol. The fourth-order valence-corrected chi connectivity index (χ4v) is 5.03. The van der Waals surface area contributed by atoms with Crippen molar-refractivity contribution in [2.45, 2.75) is 32.6 Å². The predicted octanol–water partition coefficient (Wildman–Crippen LogP) is 6.44. The SMILES string of the molecule is CCc1cc(-c2ccccc2)c(O)cc1OCCCOc1ccc2oc3cc(C(=O)O)ccc3c(=O)c2c1CCC(=O)O. The molecular weight excluding hydrogens is 552 g/mol. The van der Waals surface area contributed by atoms with Gasteiger partial charge in [0, 0.05) is 30.0 Å². The van der Waals surface area contributed by atoms with Crippen LogP contribution < -0.4 is 14.9 Å². The van der Waals surface area contributed by atoms with Gasteiger partial charge >= 0.3 is 11.9 Å². The van der Waals surface area contributed by atoms with E-state index in [2.05, 4.69) is 0 Å². The Labute approximate surface area is 246 Å². The van der Waals surface area contributed by atoms with Crippen LogP contribution in [0, 0.1) is 0 Å². The Morgan fingerprint density at radius 2 is 1.60 bits per heavy atom. The second-order valence-corrected chi connectivity index (χ2v) is 10.0. The summed E-state index contributed by atoms with van der Waals surface area (Å²) >= 11 is 0. The van der Waals surface area contributed by atoms with Crippen LogP contribution in [0.5, 0.6) is 17.2 Å². The van der Waals surface area contributed by atoms with E-state index in [4.69, 9.17) is 13.9 Å². The second-order valence-electron chi connectivity index (χ2n) is 10.0. The third kappa shape index (κ3) is 6.30. The standard InChI is InChI=1S/C34H30O9/c1-2-20-17-25(21-7-4-3-5-8-21)26(35)19-29(20)42-16-6-15-41-27-12-13-28-32(23(27)11-14-31(36)37)33(38)24-10-9-22(34(39)40)18-30(24)43-28/h3-5,7-10,12-13,17-19,35H,2,6,11,14-16H2,1H3,(H,36,37)(H,39,40). The summed E-state index contributed by atoms with van der Waals surface area (Å²) in [6, 6.07) is 20.4. The van der Waals surface area contributed by atoms with Gasteiger partial charge in [-0.05, 0) is 60.4 Å². The molecule has 0 radical (unpaired) electrons. The lowest BCUT2D eigenvalue weighted by atomic mass is 10.00. The summed E-state index contributed by atoms with van der Waals surface area (Å²) in [4.78, 5) is 36.2. The van der Waals surface area contributed by atoms with Gasteiger partial charge in [0.25, 0.3) is 0 Å². The molecule has 9 heteroatoms. The minimum Gasteiger partial charge on any atom is -0.507 e. The van der Waals surface area contributed by atoms with Crippen molar-refractivity contribution in [3.05, 3.63) is 99.7 Å². The summed E-state index contributed by atoms with van der Waals surface area (Å²) in [5.41, 5.74) is 2.94. The van der Waals surface area contributed by atoms with Gasteiger partial charge in [-0.15, -0.1) is 0 Å². The maximum Gasteiger partial charge on any atom is 0.335 e. The summed E-state index contributed by atoms with van der Waals surface area (Å²) in [5.74, 6) is -1.10. The van der Waals surface area contributed by atoms with Gasteiger partial charge in [0.2, 0.25) is 5.43 Å². The number of carboxylic acid groups (broad SMARTS) is 2. The van der Waals surface area contributed by atoms with Crippen molar-refractivity contribution in [2.24, 2.45) is 0 Å². The van der Waals surface area contributed by atoms with Crippen molar-refractivity contribution in [3.63, 3.8) is 0 Å². The average Bonchev–Trinajstić information content (AvgIpc) is 3.00. The molecule has 3 N–H and O–H groups in total. The Kier molecular flexibility index (Phi) is 8.61. The maximum atomic E-state index is 13.5. The molecule has 0 aliphatic heterocycles. The van der Waals surface area contributed by atoms with E-state index >= 15 is 0 Å². The molecule has 1 aromatic heterocycles. The Morgan fingerprint density at radius 3 is 2.30 bits per heavy atom. The van der Waals surface area contributed by atoms with Gasteiger partial charge in [-0.3, -0.25) is 9.59 Å². The van der Waals surface area contributed by atoms with Crippen LogP contribution in [0.25, 0.3) is 33.1 Å². The molecule has 0 spiro atoms. The minimum absolute atomic E-state index is 0.0170. The van der Waals surface area contributed by atoms with Crippen LogP contribution in [0.1, 0.15) is 41.3 Å². The molecule has 9 nitrogen and oxygen atoms in total.